The Balaban J connectivity index is 2.01. The Morgan fingerprint density at radius 2 is 1.77 bits per heavy atom. The smallest absolute Gasteiger partial charge is 0.265 e. The molecule has 0 spiro atoms. The summed E-state index contributed by atoms with van der Waals surface area (Å²) in [5, 5.41) is 0.812. The molecule has 0 fully saturated rings. The number of aromatic amines is 1. The first-order chi connectivity index (χ1) is 12.3. The predicted octanol–water partition coefficient (Wildman–Crippen LogP) is 2.65. The zero-order valence-corrected chi connectivity index (χ0v) is 15.3. The van der Waals surface area contributed by atoms with E-state index in [0.29, 0.717) is 22.5 Å². The quantitative estimate of drug-likeness (QED) is 0.715. The van der Waals surface area contributed by atoms with Crippen LogP contribution in [-0.4, -0.2) is 27.6 Å². The highest BCUT2D eigenvalue weighted by Crippen LogP contribution is 2.30. The second-order valence-electron chi connectivity index (χ2n) is 5.71. The highest BCUT2D eigenvalue weighted by atomic mass is 32.2. The highest BCUT2D eigenvalue weighted by Gasteiger charge is 2.20. The zero-order valence-electron chi connectivity index (χ0n) is 14.5. The predicted molar refractivity (Wildman–Crippen MR) is 99.7 cm³/mol. The molecule has 0 amide bonds. The molecule has 0 atom stereocenters. The van der Waals surface area contributed by atoms with Crippen molar-refractivity contribution < 1.29 is 17.9 Å². The molecule has 136 valence electrons. The van der Waals surface area contributed by atoms with Crippen LogP contribution < -0.4 is 19.8 Å². The summed E-state index contributed by atoms with van der Waals surface area (Å²) in [7, 11) is -1.02. The zero-order chi connectivity index (χ0) is 18.9. The molecule has 3 rings (SSSR count). The molecule has 1 aromatic heterocycles. The molecule has 0 saturated carbocycles. The van der Waals surface area contributed by atoms with Gasteiger partial charge in [-0.25, -0.2) is 8.42 Å². The summed E-state index contributed by atoms with van der Waals surface area (Å²) in [5.41, 5.74) is 1.25. The van der Waals surface area contributed by atoms with Crippen LogP contribution in [0.15, 0.2) is 52.2 Å². The van der Waals surface area contributed by atoms with Gasteiger partial charge in [0.05, 0.1) is 25.4 Å². The lowest BCUT2D eigenvalue weighted by atomic mass is 10.1. The van der Waals surface area contributed by atoms with Gasteiger partial charge >= 0.3 is 0 Å². The molecule has 3 aromatic rings. The summed E-state index contributed by atoms with van der Waals surface area (Å²) in [4.78, 5) is 14.5. The van der Waals surface area contributed by atoms with E-state index in [1.54, 1.807) is 31.2 Å². The van der Waals surface area contributed by atoms with Gasteiger partial charge in [-0.15, -0.1) is 0 Å². The fraction of sp³-hybridized carbons (Fsp3) is 0.167. The number of fused-ring (bicyclic) bond motifs is 1. The highest BCUT2D eigenvalue weighted by molar-refractivity contribution is 7.92. The van der Waals surface area contributed by atoms with Crippen LogP contribution in [0.3, 0.4) is 0 Å². The minimum atomic E-state index is -3.89. The summed E-state index contributed by atoms with van der Waals surface area (Å²) in [5.74, 6) is 0.654. The number of aromatic nitrogens is 1. The van der Waals surface area contributed by atoms with Gasteiger partial charge < -0.3 is 14.5 Å². The third-order valence-electron chi connectivity index (χ3n) is 3.94. The molecule has 0 radical (unpaired) electrons. The van der Waals surface area contributed by atoms with Gasteiger partial charge in [-0.2, -0.15) is 0 Å². The number of methoxy groups -OCH3 is 2. The second kappa shape index (κ2) is 6.72. The topological polar surface area (TPSA) is 97.5 Å². The number of ether oxygens (including phenoxy) is 2. The summed E-state index contributed by atoms with van der Waals surface area (Å²) in [6.07, 6.45) is 0. The SMILES string of the molecule is COc1ccc(S(=O)(=O)Nc2ccc3cc(C)c(=O)[nH]c3c2)c(OC)c1. The van der Waals surface area contributed by atoms with Crippen LogP contribution in [0.25, 0.3) is 10.9 Å². The van der Waals surface area contributed by atoms with E-state index in [4.69, 9.17) is 9.47 Å². The number of rotatable bonds is 5. The Morgan fingerprint density at radius 3 is 2.46 bits per heavy atom. The molecule has 2 N–H and O–H groups in total. The van der Waals surface area contributed by atoms with Crippen LogP contribution >= 0.6 is 0 Å². The van der Waals surface area contributed by atoms with Gasteiger partial charge in [-0.05, 0) is 42.6 Å². The molecule has 0 aliphatic rings. The van der Waals surface area contributed by atoms with Gasteiger partial charge in [0.25, 0.3) is 15.6 Å². The van der Waals surface area contributed by atoms with E-state index in [9.17, 15) is 13.2 Å². The Kier molecular flexibility index (Phi) is 4.60. The fourth-order valence-corrected chi connectivity index (χ4v) is 3.78. The molecule has 0 saturated heterocycles. The van der Waals surface area contributed by atoms with Crippen molar-refractivity contribution in [2.45, 2.75) is 11.8 Å². The summed E-state index contributed by atoms with van der Waals surface area (Å²) in [6, 6.07) is 11.1. The van der Waals surface area contributed by atoms with Gasteiger partial charge in [0.1, 0.15) is 16.4 Å². The van der Waals surface area contributed by atoms with Crippen molar-refractivity contribution in [1.29, 1.82) is 0 Å². The summed E-state index contributed by atoms with van der Waals surface area (Å²) < 4.78 is 38.2. The van der Waals surface area contributed by atoms with Crippen molar-refractivity contribution in [3.8, 4) is 11.5 Å². The fourth-order valence-electron chi connectivity index (χ4n) is 2.58. The third kappa shape index (κ3) is 3.36. The molecule has 0 aliphatic carbocycles. The number of sulfonamides is 1. The van der Waals surface area contributed by atoms with Crippen LogP contribution in [0.1, 0.15) is 5.56 Å². The lowest BCUT2D eigenvalue weighted by Gasteiger charge is -2.13. The van der Waals surface area contributed by atoms with Crippen molar-refractivity contribution in [1.82, 2.24) is 4.98 Å². The largest absolute Gasteiger partial charge is 0.497 e. The number of aryl methyl sites for hydroxylation is 1. The van der Waals surface area contributed by atoms with E-state index in [0.717, 1.165) is 5.39 Å². The molecule has 7 nitrogen and oxygen atoms in total. The maximum absolute atomic E-state index is 12.7. The normalized spacial score (nSPS) is 11.3. The molecular formula is C18H18N2O5S. The molecule has 0 aliphatic heterocycles. The maximum Gasteiger partial charge on any atom is 0.265 e. The number of benzene rings is 2. The van der Waals surface area contributed by atoms with Gasteiger partial charge in [0.15, 0.2) is 0 Å². The average molecular weight is 374 g/mol. The summed E-state index contributed by atoms with van der Waals surface area (Å²) >= 11 is 0. The minimum Gasteiger partial charge on any atom is -0.497 e. The molecule has 2 aromatic carbocycles. The lowest BCUT2D eigenvalue weighted by molar-refractivity contribution is 0.386. The maximum atomic E-state index is 12.7. The summed E-state index contributed by atoms with van der Waals surface area (Å²) in [6.45, 7) is 1.71. The number of nitrogens with one attached hydrogen (secondary N) is 2. The number of H-pyrrole nitrogens is 1. The van der Waals surface area contributed by atoms with Crippen LogP contribution in [-0.2, 0) is 10.0 Å². The van der Waals surface area contributed by atoms with E-state index >= 15 is 0 Å². The Morgan fingerprint density at radius 1 is 1.00 bits per heavy atom. The third-order valence-corrected chi connectivity index (χ3v) is 5.36. The second-order valence-corrected chi connectivity index (χ2v) is 7.36. The molecular weight excluding hydrogens is 356 g/mol. The van der Waals surface area contributed by atoms with E-state index in [-0.39, 0.29) is 16.2 Å². The molecule has 8 heteroatoms. The van der Waals surface area contributed by atoms with Crippen LogP contribution in [0.5, 0.6) is 11.5 Å². The molecule has 1 heterocycles. The van der Waals surface area contributed by atoms with Crippen LogP contribution in [0.4, 0.5) is 5.69 Å². The van der Waals surface area contributed by atoms with Crippen LogP contribution in [0, 0.1) is 6.92 Å². The van der Waals surface area contributed by atoms with Crippen molar-refractivity contribution in [3.63, 3.8) is 0 Å². The number of pyridine rings is 1. The Labute approximate surface area is 150 Å². The van der Waals surface area contributed by atoms with E-state index in [1.165, 1.54) is 32.4 Å². The molecule has 0 unspecified atom stereocenters. The van der Waals surface area contributed by atoms with Gasteiger partial charge in [-0.1, -0.05) is 6.07 Å². The Bertz CT molecular complexity index is 1140. The number of anilines is 1. The van der Waals surface area contributed by atoms with Gasteiger partial charge in [0.2, 0.25) is 0 Å². The van der Waals surface area contributed by atoms with Crippen molar-refractivity contribution >= 4 is 26.6 Å². The van der Waals surface area contributed by atoms with Gasteiger partial charge in [-0.3, -0.25) is 9.52 Å². The minimum absolute atomic E-state index is 0.0155. The van der Waals surface area contributed by atoms with Crippen molar-refractivity contribution in [2.24, 2.45) is 0 Å². The van der Waals surface area contributed by atoms with E-state index < -0.39 is 10.0 Å². The van der Waals surface area contributed by atoms with Gasteiger partial charge in [0, 0.05) is 11.6 Å². The van der Waals surface area contributed by atoms with Crippen molar-refractivity contribution in [2.75, 3.05) is 18.9 Å². The van der Waals surface area contributed by atoms with Crippen molar-refractivity contribution in [3.05, 3.63) is 58.4 Å². The first-order valence-corrected chi connectivity index (χ1v) is 9.21. The number of hydrogen-bond donors (Lipinski definition) is 2. The monoisotopic (exact) mass is 374 g/mol. The Hall–Kier alpha value is -3.00. The lowest BCUT2D eigenvalue weighted by Crippen LogP contribution is -2.14. The van der Waals surface area contributed by atoms with E-state index in [2.05, 4.69) is 9.71 Å². The first-order valence-electron chi connectivity index (χ1n) is 7.72. The first kappa shape index (κ1) is 17.8. The number of hydrogen-bond acceptors (Lipinski definition) is 5. The molecule has 26 heavy (non-hydrogen) atoms. The standard InChI is InChI=1S/C18H18N2O5S/c1-11-8-12-4-5-13(9-15(12)19-18(11)21)20-26(22,23)17-7-6-14(24-2)10-16(17)25-3/h4-10,20H,1-3H3,(H,19,21). The average Bonchev–Trinajstić information content (AvgIpc) is 2.62. The molecule has 0 bridgehead atoms. The van der Waals surface area contributed by atoms with E-state index in [1.807, 2.05) is 0 Å². The van der Waals surface area contributed by atoms with Crippen LogP contribution in [0.2, 0.25) is 0 Å².